The van der Waals surface area contributed by atoms with Crippen molar-refractivity contribution in [1.29, 1.82) is 0 Å². The molecule has 0 radical (unpaired) electrons. The van der Waals surface area contributed by atoms with E-state index in [1.165, 1.54) is 6.07 Å². The maximum absolute atomic E-state index is 12.4. The summed E-state index contributed by atoms with van der Waals surface area (Å²) in [5.41, 5.74) is 1.46. The molecule has 2 aromatic carbocycles. The molecular formula is C15H14BrF2NO2. The third-order valence-electron chi connectivity index (χ3n) is 2.78. The van der Waals surface area contributed by atoms with Gasteiger partial charge in [-0.1, -0.05) is 34.1 Å². The molecule has 2 aromatic rings. The van der Waals surface area contributed by atoms with Crippen LogP contribution in [0.25, 0.3) is 0 Å². The maximum atomic E-state index is 12.4. The average molecular weight is 358 g/mol. The van der Waals surface area contributed by atoms with Crippen molar-refractivity contribution in [2.24, 2.45) is 0 Å². The van der Waals surface area contributed by atoms with Crippen LogP contribution < -0.4 is 14.8 Å². The minimum absolute atomic E-state index is 0.168. The molecule has 0 spiro atoms. The van der Waals surface area contributed by atoms with Crippen molar-refractivity contribution in [3.8, 4) is 11.5 Å². The van der Waals surface area contributed by atoms with Gasteiger partial charge in [0, 0.05) is 28.3 Å². The highest BCUT2D eigenvalue weighted by molar-refractivity contribution is 9.10. The first-order chi connectivity index (χ1) is 10.1. The van der Waals surface area contributed by atoms with Crippen LogP contribution in [0, 0.1) is 0 Å². The van der Waals surface area contributed by atoms with E-state index in [0.717, 1.165) is 10.2 Å². The van der Waals surface area contributed by atoms with Gasteiger partial charge in [0.2, 0.25) is 0 Å². The highest BCUT2D eigenvalue weighted by Gasteiger charge is 2.09. The first-order valence-electron chi connectivity index (χ1n) is 6.19. The Morgan fingerprint density at radius 1 is 1.19 bits per heavy atom. The number of anilines is 1. The molecule has 0 aromatic heterocycles. The van der Waals surface area contributed by atoms with Crippen molar-refractivity contribution >= 4 is 21.6 Å². The molecule has 0 fully saturated rings. The van der Waals surface area contributed by atoms with Gasteiger partial charge in [-0.15, -0.1) is 0 Å². The van der Waals surface area contributed by atoms with Crippen molar-refractivity contribution in [2.75, 3.05) is 12.4 Å². The molecule has 0 amide bonds. The summed E-state index contributed by atoms with van der Waals surface area (Å²) in [5, 5.41) is 3.16. The van der Waals surface area contributed by atoms with Gasteiger partial charge in [0.15, 0.2) is 0 Å². The molecule has 21 heavy (non-hydrogen) atoms. The zero-order chi connectivity index (χ0) is 15.2. The van der Waals surface area contributed by atoms with Gasteiger partial charge in [-0.2, -0.15) is 8.78 Å². The fraction of sp³-hybridized carbons (Fsp3) is 0.200. The van der Waals surface area contributed by atoms with Gasteiger partial charge < -0.3 is 14.8 Å². The summed E-state index contributed by atoms with van der Waals surface area (Å²) in [5.74, 6) is 0.867. The van der Waals surface area contributed by atoms with Crippen LogP contribution in [-0.4, -0.2) is 13.7 Å². The first-order valence-corrected chi connectivity index (χ1v) is 6.99. The minimum atomic E-state index is -2.84. The van der Waals surface area contributed by atoms with E-state index in [2.05, 4.69) is 26.0 Å². The molecular weight excluding hydrogens is 344 g/mol. The second-order valence-corrected chi connectivity index (χ2v) is 5.14. The molecule has 0 aliphatic rings. The second-order valence-electron chi connectivity index (χ2n) is 4.22. The van der Waals surface area contributed by atoms with E-state index >= 15 is 0 Å². The van der Waals surface area contributed by atoms with E-state index in [1.54, 1.807) is 25.3 Å². The second kappa shape index (κ2) is 7.26. The normalized spacial score (nSPS) is 10.5. The number of ether oxygens (including phenoxy) is 2. The number of rotatable bonds is 6. The number of halogens is 3. The summed E-state index contributed by atoms with van der Waals surface area (Å²) in [6.45, 7) is -2.47. The van der Waals surface area contributed by atoms with E-state index in [9.17, 15) is 8.78 Å². The molecule has 3 nitrogen and oxygen atoms in total. The first kappa shape index (κ1) is 15.6. The number of hydrogen-bond donors (Lipinski definition) is 1. The van der Waals surface area contributed by atoms with E-state index in [0.29, 0.717) is 17.9 Å². The Hall–Kier alpha value is -1.82. The van der Waals surface area contributed by atoms with E-state index < -0.39 is 6.61 Å². The topological polar surface area (TPSA) is 30.5 Å². The summed E-state index contributed by atoms with van der Waals surface area (Å²) in [6.07, 6.45) is 0. The molecule has 0 aliphatic carbocycles. The standard InChI is InChI=1S/C15H14BrF2NO2/c1-20-13-7-11(16)6-12(8-13)19-9-10-4-2-3-5-14(10)21-15(17)18/h2-8,15,19H,9H2,1H3. The Bertz CT molecular complexity index is 608. The number of benzene rings is 2. The lowest BCUT2D eigenvalue weighted by Crippen LogP contribution is -2.07. The zero-order valence-corrected chi connectivity index (χ0v) is 12.9. The Labute approximate surface area is 130 Å². The summed E-state index contributed by atoms with van der Waals surface area (Å²) < 4.78 is 35.2. The van der Waals surface area contributed by atoms with Crippen molar-refractivity contribution in [2.45, 2.75) is 13.2 Å². The molecule has 0 unspecified atom stereocenters. The number of methoxy groups -OCH3 is 1. The zero-order valence-electron chi connectivity index (χ0n) is 11.3. The van der Waals surface area contributed by atoms with Crippen LogP contribution in [0.5, 0.6) is 11.5 Å². The summed E-state index contributed by atoms with van der Waals surface area (Å²) in [7, 11) is 1.58. The quantitative estimate of drug-likeness (QED) is 0.814. The van der Waals surface area contributed by atoms with Gasteiger partial charge in [-0.25, -0.2) is 0 Å². The summed E-state index contributed by atoms with van der Waals surface area (Å²) in [4.78, 5) is 0. The highest BCUT2D eigenvalue weighted by Crippen LogP contribution is 2.26. The Balaban J connectivity index is 2.11. The fourth-order valence-corrected chi connectivity index (χ4v) is 2.31. The van der Waals surface area contributed by atoms with Gasteiger partial charge in [-0.05, 0) is 18.2 Å². The van der Waals surface area contributed by atoms with Crippen LogP contribution in [0.2, 0.25) is 0 Å². The molecule has 6 heteroatoms. The van der Waals surface area contributed by atoms with Gasteiger partial charge in [0.25, 0.3) is 0 Å². The third-order valence-corrected chi connectivity index (χ3v) is 3.24. The highest BCUT2D eigenvalue weighted by atomic mass is 79.9. The van der Waals surface area contributed by atoms with Crippen molar-refractivity contribution < 1.29 is 18.3 Å². The van der Waals surface area contributed by atoms with Gasteiger partial charge in [-0.3, -0.25) is 0 Å². The van der Waals surface area contributed by atoms with Gasteiger partial charge >= 0.3 is 6.61 Å². The molecule has 0 heterocycles. The largest absolute Gasteiger partial charge is 0.497 e. The third kappa shape index (κ3) is 4.60. The van der Waals surface area contributed by atoms with Crippen LogP contribution in [0.4, 0.5) is 14.5 Å². The Morgan fingerprint density at radius 2 is 1.95 bits per heavy atom. The predicted octanol–water partition coefficient (Wildman–Crippen LogP) is 4.67. The molecule has 1 N–H and O–H groups in total. The van der Waals surface area contributed by atoms with Crippen LogP contribution in [0.3, 0.4) is 0 Å². The van der Waals surface area contributed by atoms with Gasteiger partial charge in [0.05, 0.1) is 7.11 Å². The van der Waals surface area contributed by atoms with Crippen molar-refractivity contribution in [1.82, 2.24) is 0 Å². The average Bonchev–Trinajstić information content (AvgIpc) is 2.45. The van der Waals surface area contributed by atoms with E-state index in [4.69, 9.17) is 4.74 Å². The van der Waals surface area contributed by atoms with Crippen molar-refractivity contribution in [3.63, 3.8) is 0 Å². The molecule has 0 saturated carbocycles. The number of hydrogen-bond acceptors (Lipinski definition) is 3. The molecule has 112 valence electrons. The predicted molar refractivity (Wildman–Crippen MR) is 81.1 cm³/mol. The van der Waals surface area contributed by atoms with Crippen molar-refractivity contribution in [3.05, 3.63) is 52.5 Å². The maximum Gasteiger partial charge on any atom is 0.387 e. The van der Waals surface area contributed by atoms with E-state index in [-0.39, 0.29) is 5.75 Å². The monoisotopic (exact) mass is 357 g/mol. The van der Waals surface area contributed by atoms with Gasteiger partial charge in [0.1, 0.15) is 11.5 Å². The Kier molecular flexibility index (Phi) is 5.38. The smallest absolute Gasteiger partial charge is 0.387 e. The molecule has 0 aliphatic heterocycles. The SMILES string of the molecule is COc1cc(Br)cc(NCc2ccccc2OC(F)F)c1. The molecule has 2 rings (SSSR count). The summed E-state index contributed by atoms with van der Waals surface area (Å²) >= 11 is 3.38. The van der Waals surface area contributed by atoms with Crippen LogP contribution in [-0.2, 0) is 6.54 Å². The van der Waals surface area contributed by atoms with Crippen LogP contribution >= 0.6 is 15.9 Å². The van der Waals surface area contributed by atoms with E-state index in [1.807, 2.05) is 18.2 Å². The van der Waals surface area contributed by atoms with Crippen LogP contribution in [0.1, 0.15) is 5.56 Å². The molecule has 0 saturated heterocycles. The lowest BCUT2D eigenvalue weighted by atomic mass is 10.2. The minimum Gasteiger partial charge on any atom is -0.497 e. The molecule has 0 bridgehead atoms. The Morgan fingerprint density at radius 3 is 2.67 bits per heavy atom. The summed E-state index contributed by atoms with van der Waals surface area (Å²) in [6, 6.07) is 12.2. The number of nitrogens with one attached hydrogen (secondary N) is 1. The van der Waals surface area contributed by atoms with Crippen LogP contribution in [0.15, 0.2) is 46.9 Å². The fourth-order valence-electron chi connectivity index (χ4n) is 1.84. The number of para-hydroxylation sites is 1. The number of alkyl halides is 2. The lowest BCUT2D eigenvalue weighted by molar-refractivity contribution is -0.0504. The lowest BCUT2D eigenvalue weighted by Gasteiger charge is -2.13. The molecule has 0 atom stereocenters.